The van der Waals surface area contributed by atoms with Gasteiger partial charge in [-0.05, 0) is 34.5 Å². The van der Waals surface area contributed by atoms with Gasteiger partial charge in [-0.15, -0.1) is 0 Å². The predicted molar refractivity (Wildman–Crippen MR) is 77.3 cm³/mol. The number of benzene rings is 1. The Morgan fingerprint density at radius 1 is 1.39 bits per heavy atom. The van der Waals surface area contributed by atoms with E-state index >= 15 is 0 Å². The van der Waals surface area contributed by atoms with Crippen molar-refractivity contribution in [2.45, 2.75) is 6.92 Å². The third-order valence-corrected chi connectivity index (χ3v) is 3.27. The normalized spacial score (nSPS) is 9.67. The highest BCUT2D eigenvalue weighted by Gasteiger charge is 2.15. The Morgan fingerprint density at radius 2 is 2.06 bits per heavy atom. The second-order valence-corrected chi connectivity index (χ2v) is 4.86. The van der Waals surface area contributed by atoms with E-state index in [-0.39, 0.29) is 11.5 Å². The van der Waals surface area contributed by atoms with Crippen molar-refractivity contribution in [3.63, 3.8) is 0 Å². The highest BCUT2D eigenvalue weighted by atomic mass is 79.9. The van der Waals surface area contributed by atoms with Crippen molar-refractivity contribution in [1.82, 2.24) is 5.32 Å². The number of rotatable bonds is 3. The smallest absolute Gasteiger partial charge is 0.313 e. The van der Waals surface area contributed by atoms with Crippen molar-refractivity contribution in [2.75, 3.05) is 11.9 Å². The first kappa shape index (κ1) is 14.6. The molecule has 0 atom stereocenters. The molecule has 0 fully saturated rings. The van der Waals surface area contributed by atoms with Crippen molar-refractivity contribution in [3.8, 4) is 0 Å². The number of amides is 2. The van der Waals surface area contributed by atoms with Crippen LogP contribution in [0.3, 0.4) is 0 Å². The number of anilines is 1. The second-order valence-electron chi connectivity index (χ2n) is 3.54. The summed E-state index contributed by atoms with van der Waals surface area (Å²) in [7, 11) is 0. The Morgan fingerprint density at radius 3 is 2.67 bits per heavy atom. The number of carbonyl (C=O) groups is 2. The third kappa shape index (κ3) is 4.08. The Labute approximate surface area is 118 Å². The second kappa shape index (κ2) is 6.46. The van der Waals surface area contributed by atoms with E-state index in [0.717, 1.165) is 10.0 Å². The van der Waals surface area contributed by atoms with E-state index in [1.165, 1.54) is 0 Å². The molecule has 0 unspecified atom stereocenters. The van der Waals surface area contributed by atoms with Gasteiger partial charge in [0.2, 0.25) is 0 Å². The fraction of sp³-hybridized carbons (Fsp3) is 0.182. The molecule has 0 saturated carbocycles. The van der Waals surface area contributed by atoms with E-state index < -0.39 is 11.8 Å². The minimum Gasteiger partial charge on any atom is -0.392 e. The molecule has 1 aromatic carbocycles. The average Bonchev–Trinajstić information content (AvgIpc) is 2.31. The number of nitrogens with one attached hydrogen (secondary N) is 2. The van der Waals surface area contributed by atoms with Gasteiger partial charge in [0, 0.05) is 4.47 Å². The molecule has 1 aromatic rings. The van der Waals surface area contributed by atoms with E-state index in [4.69, 9.17) is 5.73 Å². The van der Waals surface area contributed by atoms with Crippen molar-refractivity contribution < 1.29 is 9.59 Å². The monoisotopic (exact) mass is 329 g/mol. The molecule has 96 valence electrons. The minimum atomic E-state index is -0.781. The number of carbonyl (C=O) groups excluding carboxylic acids is 2. The molecule has 0 radical (unpaired) electrons. The first-order valence-corrected chi connectivity index (χ1v) is 6.24. The van der Waals surface area contributed by atoms with E-state index in [0.29, 0.717) is 5.69 Å². The molecule has 0 aromatic heterocycles. The minimum absolute atomic E-state index is 0.00340. The van der Waals surface area contributed by atoms with Gasteiger partial charge in [0.15, 0.2) is 0 Å². The Bertz CT molecular complexity index is 505. The van der Waals surface area contributed by atoms with Gasteiger partial charge >= 0.3 is 11.8 Å². The van der Waals surface area contributed by atoms with Crippen LogP contribution in [-0.4, -0.2) is 23.3 Å². The molecule has 0 saturated heterocycles. The molecule has 7 heteroatoms. The highest BCUT2D eigenvalue weighted by molar-refractivity contribution is 9.10. The van der Waals surface area contributed by atoms with Gasteiger partial charge in [0.25, 0.3) is 0 Å². The van der Waals surface area contributed by atoms with Gasteiger partial charge in [-0.25, -0.2) is 0 Å². The maximum absolute atomic E-state index is 11.6. The standard InChI is InChI=1S/C11H12BrN3O2S/c1-6-3-2-4-7(9(6)12)15-11(17)10(16)14-5-8(13)18/h2-4H,5H2,1H3,(H2,13,18)(H,14,16)(H,15,17). The highest BCUT2D eigenvalue weighted by Crippen LogP contribution is 2.25. The zero-order valence-corrected chi connectivity index (χ0v) is 12.0. The van der Waals surface area contributed by atoms with E-state index in [9.17, 15) is 9.59 Å². The Balaban J connectivity index is 2.67. The Kier molecular flexibility index (Phi) is 5.24. The molecule has 0 aliphatic carbocycles. The zero-order valence-electron chi connectivity index (χ0n) is 9.62. The number of hydrogen-bond acceptors (Lipinski definition) is 3. The van der Waals surface area contributed by atoms with Crippen LogP contribution in [0.15, 0.2) is 22.7 Å². The van der Waals surface area contributed by atoms with E-state index in [2.05, 4.69) is 38.8 Å². The first-order valence-electron chi connectivity index (χ1n) is 5.04. The van der Waals surface area contributed by atoms with Crippen LogP contribution >= 0.6 is 28.1 Å². The molecule has 5 nitrogen and oxygen atoms in total. The van der Waals surface area contributed by atoms with Crippen LogP contribution < -0.4 is 16.4 Å². The van der Waals surface area contributed by atoms with Gasteiger partial charge in [-0.1, -0.05) is 24.4 Å². The predicted octanol–water partition coefficient (Wildman–Crippen LogP) is 1.10. The Hall–Kier alpha value is -1.47. The molecule has 1 rings (SSSR count). The number of hydrogen-bond donors (Lipinski definition) is 3. The average molecular weight is 330 g/mol. The quantitative estimate of drug-likeness (QED) is 0.572. The number of nitrogens with two attached hydrogens (primary N) is 1. The van der Waals surface area contributed by atoms with Gasteiger partial charge in [0.05, 0.1) is 17.2 Å². The molecule has 0 bridgehead atoms. The van der Waals surface area contributed by atoms with Crippen molar-refractivity contribution >= 4 is 50.6 Å². The molecular formula is C11H12BrN3O2S. The number of halogens is 1. The van der Waals surface area contributed by atoms with Crippen LogP contribution in [0.5, 0.6) is 0 Å². The van der Waals surface area contributed by atoms with Crippen LogP contribution in [0.2, 0.25) is 0 Å². The maximum atomic E-state index is 11.6. The summed E-state index contributed by atoms with van der Waals surface area (Å²) in [6.07, 6.45) is 0. The van der Waals surface area contributed by atoms with E-state index in [1.807, 2.05) is 13.0 Å². The fourth-order valence-electron chi connectivity index (χ4n) is 1.17. The summed E-state index contributed by atoms with van der Waals surface area (Å²) >= 11 is 7.92. The topological polar surface area (TPSA) is 84.2 Å². The molecule has 18 heavy (non-hydrogen) atoms. The lowest BCUT2D eigenvalue weighted by atomic mass is 10.2. The van der Waals surface area contributed by atoms with Gasteiger partial charge in [-0.2, -0.15) is 0 Å². The summed E-state index contributed by atoms with van der Waals surface area (Å²) in [4.78, 5) is 23.1. The third-order valence-electron chi connectivity index (χ3n) is 2.07. The first-order chi connectivity index (χ1) is 8.41. The van der Waals surface area contributed by atoms with Crippen LogP contribution in [0.25, 0.3) is 0 Å². The lowest BCUT2D eigenvalue weighted by molar-refractivity contribution is -0.135. The lowest BCUT2D eigenvalue weighted by Crippen LogP contribution is -2.39. The molecule has 0 heterocycles. The van der Waals surface area contributed by atoms with Gasteiger partial charge < -0.3 is 16.4 Å². The van der Waals surface area contributed by atoms with Crippen LogP contribution in [-0.2, 0) is 9.59 Å². The van der Waals surface area contributed by atoms with Crippen LogP contribution in [0.4, 0.5) is 5.69 Å². The summed E-state index contributed by atoms with van der Waals surface area (Å²) in [5.74, 6) is -1.55. The molecule has 4 N–H and O–H groups in total. The maximum Gasteiger partial charge on any atom is 0.313 e. The summed E-state index contributed by atoms with van der Waals surface area (Å²) < 4.78 is 0.737. The molecule has 0 aliphatic rings. The lowest BCUT2D eigenvalue weighted by Gasteiger charge is -2.09. The molecule has 2 amide bonds. The van der Waals surface area contributed by atoms with Crippen LogP contribution in [0.1, 0.15) is 5.56 Å². The molecule has 0 aliphatic heterocycles. The van der Waals surface area contributed by atoms with Gasteiger partial charge in [0.1, 0.15) is 0 Å². The van der Waals surface area contributed by atoms with Crippen molar-refractivity contribution in [1.29, 1.82) is 0 Å². The number of thiocarbonyl (C=S) groups is 1. The zero-order chi connectivity index (χ0) is 13.7. The summed E-state index contributed by atoms with van der Waals surface area (Å²) in [5.41, 5.74) is 6.70. The van der Waals surface area contributed by atoms with E-state index in [1.54, 1.807) is 12.1 Å². The number of aryl methyl sites for hydroxylation is 1. The van der Waals surface area contributed by atoms with Gasteiger partial charge in [-0.3, -0.25) is 9.59 Å². The molecule has 0 spiro atoms. The summed E-state index contributed by atoms with van der Waals surface area (Å²) in [6, 6.07) is 5.35. The SMILES string of the molecule is Cc1cccc(NC(=O)C(=O)NCC(N)=S)c1Br. The van der Waals surface area contributed by atoms with Crippen molar-refractivity contribution in [3.05, 3.63) is 28.2 Å². The molecular weight excluding hydrogens is 318 g/mol. The largest absolute Gasteiger partial charge is 0.392 e. The van der Waals surface area contributed by atoms with Crippen LogP contribution in [0, 0.1) is 6.92 Å². The fourth-order valence-corrected chi connectivity index (χ4v) is 1.61. The summed E-state index contributed by atoms with van der Waals surface area (Å²) in [6.45, 7) is 1.88. The van der Waals surface area contributed by atoms with Crippen molar-refractivity contribution in [2.24, 2.45) is 5.73 Å². The summed E-state index contributed by atoms with van der Waals surface area (Å²) in [5, 5.41) is 4.80.